The lowest BCUT2D eigenvalue weighted by Gasteiger charge is -2.21. The molecule has 104 valence electrons. The third-order valence-corrected chi connectivity index (χ3v) is 4.39. The van der Waals surface area contributed by atoms with Gasteiger partial charge in [0.1, 0.15) is 5.75 Å². The average molecular weight is 288 g/mol. The summed E-state index contributed by atoms with van der Waals surface area (Å²) in [4.78, 5) is 0. The number of ether oxygens (including phenoxy) is 1. The number of nitrogens with one attached hydrogen (secondary N) is 1. The number of hydrogen-bond acceptors (Lipinski definition) is 2. The Morgan fingerprint density at radius 2 is 1.90 bits per heavy atom. The molecule has 0 fully saturated rings. The second-order valence-electron chi connectivity index (χ2n) is 5.13. The highest BCUT2D eigenvalue weighted by molar-refractivity contribution is 6.32. The fraction of sp³-hybridized carbons (Fsp3) is 0.294. The number of para-hydroxylation sites is 1. The molecule has 2 aromatic rings. The summed E-state index contributed by atoms with van der Waals surface area (Å²) in [7, 11) is 1.96. The number of rotatable bonds is 3. The molecule has 2 nitrogen and oxygen atoms in total. The standard InChI is InChI=1S/C17H18ClNO/c1-11-5-3-7-13(15(11)18)16(19-2)14-8-4-6-12-9-10-20-17(12)14/h3-8,16,19H,9-10H2,1-2H3. The second kappa shape index (κ2) is 5.47. The first kappa shape index (κ1) is 13.5. The van der Waals surface area contributed by atoms with Crippen LogP contribution in [0.25, 0.3) is 0 Å². The van der Waals surface area contributed by atoms with Crippen LogP contribution in [0.1, 0.15) is 28.3 Å². The zero-order chi connectivity index (χ0) is 14.1. The molecule has 1 N–H and O–H groups in total. The molecule has 0 spiro atoms. The van der Waals surface area contributed by atoms with Gasteiger partial charge in [-0.3, -0.25) is 0 Å². The van der Waals surface area contributed by atoms with Crippen LogP contribution in [0.5, 0.6) is 5.75 Å². The SMILES string of the molecule is CNC(c1cccc(C)c1Cl)c1cccc2c1OCC2. The lowest BCUT2D eigenvalue weighted by Crippen LogP contribution is -2.19. The molecule has 20 heavy (non-hydrogen) atoms. The maximum Gasteiger partial charge on any atom is 0.127 e. The first-order valence-corrected chi connectivity index (χ1v) is 7.27. The first-order valence-electron chi connectivity index (χ1n) is 6.89. The highest BCUT2D eigenvalue weighted by Gasteiger charge is 2.24. The van der Waals surface area contributed by atoms with Gasteiger partial charge in [-0.25, -0.2) is 0 Å². The molecule has 3 heteroatoms. The van der Waals surface area contributed by atoms with Crippen LogP contribution in [0.3, 0.4) is 0 Å². The summed E-state index contributed by atoms with van der Waals surface area (Å²) in [6.07, 6.45) is 0.987. The Balaban J connectivity index is 2.11. The molecule has 1 unspecified atom stereocenters. The van der Waals surface area contributed by atoms with Crippen LogP contribution in [0.2, 0.25) is 5.02 Å². The van der Waals surface area contributed by atoms with Crippen molar-refractivity contribution in [3.63, 3.8) is 0 Å². The van der Waals surface area contributed by atoms with E-state index in [1.54, 1.807) is 0 Å². The topological polar surface area (TPSA) is 21.3 Å². The van der Waals surface area contributed by atoms with Crippen LogP contribution in [-0.4, -0.2) is 13.7 Å². The number of hydrogen-bond donors (Lipinski definition) is 1. The van der Waals surface area contributed by atoms with Crippen LogP contribution in [0, 0.1) is 6.92 Å². The van der Waals surface area contributed by atoms with Crippen molar-refractivity contribution in [1.82, 2.24) is 5.32 Å². The van der Waals surface area contributed by atoms with E-state index in [0.29, 0.717) is 0 Å². The smallest absolute Gasteiger partial charge is 0.127 e. The highest BCUT2D eigenvalue weighted by Crippen LogP contribution is 2.38. The second-order valence-corrected chi connectivity index (χ2v) is 5.51. The minimum atomic E-state index is 0.0513. The van der Waals surface area contributed by atoms with Gasteiger partial charge in [0.25, 0.3) is 0 Å². The van der Waals surface area contributed by atoms with E-state index in [9.17, 15) is 0 Å². The number of aryl methyl sites for hydroxylation is 1. The van der Waals surface area contributed by atoms with Crippen molar-refractivity contribution in [3.8, 4) is 5.75 Å². The first-order chi connectivity index (χ1) is 9.72. The molecule has 1 atom stereocenters. The third kappa shape index (κ3) is 2.19. The Morgan fingerprint density at radius 1 is 1.15 bits per heavy atom. The lowest BCUT2D eigenvalue weighted by atomic mass is 9.95. The van der Waals surface area contributed by atoms with Crippen LogP contribution >= 0.6 is 11.6 Å². The Kier molecular flexibility index (Phi) is 3.68. The molecule has 0 aliphatic carbocycles. The number of benzene rings is 2. The van der Waals surface area contributed by atoms with Gasteiger partial charge in [-0.15, -0.1) is 0 Å². The van der Waals surface area contributed by atoms with Gasteiger partial charge >= 0.3 is 0 Å². The minimum absolute atomic E-state index is 0.0513. The van der Waals surface area contributed by atoms with Crippen LogP contribution in [0.15, 0.2) is 36.4 Å². The normalized spacial score (nSPS) is 14.8. The fourth-order valence-corrected chi connectivity index (χ4v) is 3.07. The van der Waals surface area contributed by atoms with Gasteiger partial charge in [0.15, 0.2) is 0 Å². The molecule has 2 aromatic carbocycles. The summed E-state index contributed by atoms with van der Waals surface area (Å²) in [5.41, 5.74) is 4.64. The van der Waals surface area contributed by atoms with Crippen LogP contribution in [0.4, 0.5) is 0 Å². The molecule has 1 aliphatic rings. The molecular formula is C17H18ClNO. The van der Waals surface area contributed by atoms with Crippen molar-refractivity contribution in [3.05, 3.63) is 63.7 Å². The Hall–Kier alpha value is -1.51. The Morgan fingerprint density at radius 3 is 2.70 bits per heavy atom. The van der Waals surface area contributed by atoms with E-state index in [2.05, 4.69) is 29.6 Å². The third-order valence-electron chi connectivity index (χ3n) is 3.88. The number of fused-ring (bicyclic) bond motifs is 1. The molecule has 1 aliphatic heterocycles. The Labute approximate surface area is 124 Å². The summed E-state index contributed by atoms with van der Waals surface area (Å²) in [6.45, 7) is 2.80. The number of halogens is 1. The van der Waals surface area contributed by atoms with Crippen molar-refractivity contribution in [2.75, 3.05) is 13.7 Å². The van der Waals surface area contributed by atoms with Crippen molar-refractivity contribution in [1.29, 1.82) is 0 Å². The van der Waals surface area contributed by atoms with E-state index in [-0.39, 0.29) is 6.04 Å². The Bertz CT molecular complexity index is 639. The average Bonchev–Trinajstić information content (AvgIpc) is 2.93. The van der Waals surface area contributed by atoms with E-state index in [0.717, 1.165) is 40.5 Å². The predicted octanol–water partition coefficient (Wildman–Crippen LogP) is 3.89. The maximum atomic E-state index is 6.49. The van der Waals surface area contributed by atoms with Gasteiger partial charge in [0.05, 0.1) is 12.6 Å². The summed E-state index contributed by atoms with van der Waals surface area (Å²) in [5, 5.41) is 4.19. The van der Waals surface area contributed by atoms with Gasteiger partial charge in [-0.1, -0.05) is 48.0 Å². The summed E-state index contributed by atoms with van der Waals surface area (Å²) < 4.78 is 5.82. The largest absolute Gasteiger partial charge is 0.493 e. The molecule has 3 rings (SSSR count). The fourth-order valence-electron chi connectivity index (χ4n) is 2.84. The molecular weight excluding hydrogens is 270 g/mol. The molecule has 0 bridgehead atoms. The molecule has 0 amide bonds. The molecule has 0 radical (unpaired) electrons. The predicted molar refractivity (Wildman–Crippen MR) is 82.7 cm³/mol. The zero-order valence-electron chi connectivity index (χ0n) is 11.7. The maximum absolute atomic E-state index is 6.49. The van der Waals surface area contributed by atoms with E-state index >= 15 is 0 Å². The minimum Gasteiger partial charge on any atom is -0.493 e. The quantitative estimate of drug-likeness (QED) is 0.925. The van der Waals surface area contributed by atoms with Gasteiger partial charge in [0, 0.05) is 17.0 Å². The van der Waals surface area contributed by atoms with Gasteiger partial charge in [0.2, 0.25) is 0 Å². The monoisotopic (exact) mass is 287 g/mol. The molecule has 1 heterocycles. The van der Waals surface area contributed by atoms with Crippen molar-refractivity contribution in [2.45, 2.75) is 19.4 Å². The highest BCUT2D eigenvalue weighted by atomic mass is 35.5. The van der Waals surface area contributed by atoms with Gasteiger partial charge in [-0.05, 0) is 30.7 Å². The van der Waals surface area contributed by atoms with Crippen molar-refractivity contribution >= 4 is 11.6 Å². The van der Waals surface area contributed by atoms with E-state index in [1.165, 1.54) is 5.56 Å². The summed E-state index contributed by atoms with van der Waals surface area (Å²) in [6, 6.07) is 12.5. The van der Waals surface area contributed by atoms with E-state index in [4.69, 9.17) is 16.3 Å². The lowest BCUT2D eigenvalue weighted by molar-refractivity contribution is 0.351. The molecule has 0 aromatic heterocycles. The van der Waals surface area contributed by atoms with E-state index < -0.39 is 0 Å². The summed E-state index contributed by atoms with van der Waals surface area (Å²) >= 11 is 6.49. The van der Waals surface area contributed by atoms with Crippen LogP contribution in [-0.2, 0) is 6.42 Å². The van der Waals surface area contributed by atoms with Gasteiger partial charge in [-0.2, -0.15) is 0 Å². The van der Waals surface area contributed by atoms with Crippen LogP contribution < -0.4 is 10.1 Å². The van der Waals surface area contributed by atoms with Gasteiger partial charge < -0.3 is 10.1 Å². The zero-order valence-corrected chi connectivity index (χ0v) is 12.5. The summed E-state index contributed by atoms with van der Waals surface area (Å²) in [5.74, 6) is 1.02. The van der Waals surface area contributed by atoms with Crippen molar-refractivity contribution < 1.29 is 4.74 Å². The molecule has 0 saturated heterocycles. The van der Waals surface area contributed by atoms with Crippen molar-refractivity contribution in [2.24, 2.45) is 0 Å². The molecule has 0 saturated carbocycles. The van der Waals surface area contributed by atoms with E-state index in [1.807, 2.05) is 26.1 Å².